The van der Waals surface area contributed by atoms with Crippen molar-refractivity contribution in [3.8, 4) is 0 Å². The summed E-state index contributed by atoms with van der Waals surface area (Å²) in [6.07, 6.45) is 13.3. The van der Waals surface area contributed by atoms with Gasteiger partial charge >= 0.3 is 0 Å². The van der Waals surface area contributed by atoms with Crippen LogP contribution in [-0.4, -0.2) is 68.2 Å². The summed E-state index contributed by atoms with van der Waals surface area (Å²) in [6, 6.07) is 0. The van der Waals surface area contributed by atoms with Crippen molar-refractivity contribution in [1.29, 1.82) is 0 Å². The van der Waals surface area contributed by atoms with Crippen molar-refractivity contribution >= 4 is 21.7 Å². The number of carbonyl (C=O) groups is 2. The van der Waals surface area contributed by atoms with Gasteiger partial charge in [-0.15, -0.1) is 0 Å². The van der Waals surface area contributed by atoms with E-state index in [2.05, 4.69) is 0 Å². The molecule has 0 aromatic rings. The van der Waals surface area contributed by atoms with Gasteiger partial charge in [0.2, 0.25) is 11.8 Å². The summed E-state index contributed by atoms with van der Waals surface area (Å²) in [4.78, 5) is 28.9. The highest BCUT2D eigenvalue weighted by Crippen LogP contribution is 2.20. The number of likely N-dealkylation sites (tertiary alicyclic amines) is 1. The number of piperidine rings is 1. The average molecular weight is 445 g/mol. The van der Waals surface area contributed by atoms with Gasteiger partial charge in [0.05, 0.1) is 5.92 Å². The van der Waals surface area contributed by atoms with Crippen LogP contribution in [-0.2, 0) is 19.4 Å². The number of unbranched alkanes of at least 4 members (excludes halogenated alkanes) is 8. The number of hydrogen-bond donors (Lipinski definition) is 0. The van der Waals surface area contributed by atoms with Crippen LogP contribution in [0.5, 0.6) is 0 Å². The molecule has 0 aromatic heterocycles. The fourth-order valence-corrected chi connectivity index (χ4v) is 4.96. The number of carbonyl (C=O) groups excluding carboxylic acids is 2. The molecule has 2 amide bonds. The van der Waals surface area contributed by atoms with Crippen LogP contribution >= 0.6 is 0 Å². The van der Waals surface area contributed by atoms with Crippen LogP contribution in [0.15, 0.2) is 0 Å². The first kappa shape index (κ1) is 26.9. The molecule has 0 aromatic carbocycles. The van der Waals surface area contributed by atoms with Crippen molar-refractivity contribution in [3.05, 3.63) is 0 Å². The summed E-state index contributed by atoms with van der Waals surface area (Å²) >= 11 is 0. The molecule has 0 bridgehead atoms. The molecular formula is C23H44N2O4S. The molecule has 0 aliphatic carbocycles. The zero-order valence-corrected chi connectivity index (χ0v) is 20.4. The van der Waals surface area contributed by atoms with Gasteiger partial charge in [0, 0.05) is 44.6 Å². The Balaban J connectivity index is 2.09. The molecule has 1 rings (SSSR count). The Kier molecular flexibility index (Phi) is 13.3. The van der Waals surface area contributed by atoms with Crippen molar-refractivity contribution in [2.75, 3.05) is 38.2 Å². The zero-order valence-electron chi connectivity index (χ0n) is 19.5. The molecule has 1 atom stereocenters. The zero-order chi connectivity index (χ0) is 22.4. The van der Waals surface area contributed by atoms with E-state index in [-0.39, 0.29) is 17.7 Å². The minimum absolute atomic E-state index is 0.0277. The van der Waals surface area contributed by atoms with Gasteiger partial charge < -0.3 is 9.80 Å². The first-order valence-electron chi connectivity index (χ1n) is 12.0. The standard InChI is InChI=1S/C23H44N2O4S/c1-4-24(5-2)23(27)21-16-15-18-25(20-21)22(26)17-13-11-9-7-6-8-10-12-14-19-30(3,28)29/h21H,4-20H2,1-3H3. The molecule has 1 saturated heterocycles. The Morgan fingerprint density at radius 2 is 1.43 bits per heavy atom. The van der Waals surface area contributed by atoms with Gasteiger partial charge in [-0.2, -0.15) is 0 Å². The van der Waals surface area contributed by atoms with Crippen LogP contribution in [0.3, 0.4) is 0 Å². The van der Waals surface area contributed by atoms with E-state index in [9.17, 15) is 18.0 Å². The fourth-order valence-electron chi connectivity index (χ4n) is 4.23. The van der Waals surface area contributed by atoms with Gasteiger partial charge in [-0.05, 0) is 39.5 Å². The van der Waals surface area contributed by atoms with Gasteiger partial charge in [0.25, 0.3) is 0 Å². The largest absolute Gasteiger partial charge is 0.343 e. The molecule has 0 spiro atoms. The van der Waals surface area contributed by atoms with E-state index >= 15 is 0 Å². The predicted molar refractivity (Wildman–Crippen MR) is 123 cm³/mol. The molecule has 1 fully saturated rings. The molecule has 0 radical (unpaired) electrons. The predicted octanol–water partition coefficient (Wildman–Crippen LogP) is 4.04. The molecule has 1 heterocycles. The van der Waals surface area contributed by atoms with Gasteiger partial charge in [-0.3, -0.25) is 9.59 Å². The van der Waals surface area contributed by atoms with Crippen LogP contribution in [0.2, 0.25) is 0 Å². The van der Waals surface area contributed by atoms with E-state index in [1.165, 1.54) is 25.5 Å². The number of sulfone groups is 1. The van der Waals surface area contributed by atoms with E-state index in [1.807, 2.05) is 23.6 Å². The quantitative estimate of drug-likeness (QED) is 0.357. The highest BCUT2D eigenvalue weighted by Gasteiger charge is 2.30. The Bertz CT molecular complexity index is 602. The Morgan fingerprint density at radius 1 is 0.900 bits per heavy atom. The molecule has 0 saturated carbocycles. The Labute approximate surface area is 184 Å². The minimum atomic E-state index is -2.81. The normalized spacial score (nSPS) is 17.2. The molecule has 1 unspecified atom stereocenters. The SMILES string of the molecule is CCN(CC)C(=O)C1CCCN(C(=O)CCCCCCCCCCCS(C)(=O)=O)C1. The first-order valence-corrected chi connectivity index (χ1v) is 14.1. The van der Waals surface area contributed by atoms with Crippen molar-refractivity contribution in [1.82, 2.24) is 9.80 Å². The van der Waals surface area contributed by atoms with Crippen molar-refractivity contribution in [2.24, 2.45) is 5.92 Å². The lowest BCUT2D eigenvalue weighted by molar-refractivity contribution is -0.140. The van der Waals surface area contributed by atoms with Gasteiger partial charge in [0.1, 0.15) is 9.84 Å². The molecule has 6 nitrogen and oxygen atoms in total. The van der Waals surface area contributed by atoms with Crippen molar-refractivity contribution < 1.29 is 18.0 Å². The maximum atomic E-state index is 12.6. The summed E-state index contributed by atoms with van der Waals surface area (Å²) in [5, 5.41) is 0. The monoisotopic (exact) mass is 444 g/mol. The lowest BCUT2D eigenvalue weighted by Crippen LogP contribution is -2.46. The smallest absolute Gasteiger partial charge is 0.227 e. The lowest BCUT2D eigenvalue weighted by Gasteiger charge is -2.34. The summed E-state index contributed by atoms with van der Waals surface area (Å²) in [6.45, 7) is 6.87. The van der Waals surface area contributed by atoms with E-state index in [0.717, 1.165) is 71.0 Å². The second-order valence-corrected chi connectivity index (χ2v) is 11.0. The maximum Gasteiger partial charge on any atom is 0.227 e. The van der Waals surface area contributed by atoms with Crippen LogP contribution in [0.4, 0.5) is 0 Å². The Morgan fingerprint density at radius 3 is 1.97 bits per heavy atom. The van der Waals surface area contributed by atoms with Gasteiger partial charge in [0.15, 0.2) is 0 Å². The van der Waals surface area contributed by atoms with Crippen molar-refractivity contribution in [3.63, 3.8) is 0 Å². The van der Waals surface area contributed by atoms with E-state index in [4.69, 9.17) is 0 Å². The maximum absolute atomic E-state index is 12.6. The van der Waals surface area contributed by atoms with Crippen LogP contribution in [0, 0.1) is 5.92 Å². The van der Waals surface area contributed by atoms with Crippen LogP contribution in [0.25, 0.3) is 0 Å². The molecule has 30 heavy (non-hydrogen) atoms. The topological polar surface area (TPSA) is 74.8 Å². The minimum Gasteiger partial charge on any atom is -0.343 e. The second kappa shape index (κ2) is 14.8. The third-order valence-electron chi connectivity index (χ3n) is 6.10. The lowest BCUT2D eigenvalue weighted by atomic mass is 9.96. The fraction of sp³-hybridized carbons (Fsp3) is 0.913. The summed E-state index contributed by atoms with van der Waals surface area (Å²) in [5.74, 6) is 0.689. The number of hydrogen-bond acceptors (Lipinski definition) is 4. The third-order valence-corrected chi connectivity index (χ3v) is 7.13. The Hall–Kier alpha value is -1.11. The average Bonchev–Trinajstić information content (AvgIpc) is 2.72. The summed E-state index contributed by atoms with van der Waals surface area (Å²) < 4.78 is 22.1. The third kappa shape index (κ3) is 11.3. The first-order chi connectivity index (χ1) is 14.3. The van der Waals surface area contributed by atoms with Crippen molar-refractivity contribution in [2.45, 2.75) is 90.9 Å². The summed E-state index contributed by atoms with van der Waals surface area (Å²) in [7, 11) is -2.81. The molecule has 1 aliphatic rings. The molecular weight excluding hydrogens is 400 g/mol. The highest BCUT2D eigenvalue weighted by molar-refractivity contribution is 7.90. The molecule has 7 heteroatoms. The van der Waals surface area contributed by atoms with Gasteiger partial charge in [-0.25, -0.2) is 8.42 Å². The number of nitrogens with zero attached hydrogens (tertiary/aromatic N) is 2. The van der Waals surface area contributed by atoms with Gasteiger partial charge in [-0.1, -0.05) is 44.9 Å². The molecule has 176 valence electrons. The molecule has 1 aliphatic heterocycles. The van der Waals surface area contributed by atoms with E-state index < -0.39 is 9.84 Å². The number of amides is 2. The summed E-state index contributed by atoms with van der Waals surface area (Å²) in [5.41, 5.74) is 0. The van der Waals surface area contributed by atoms with Crippen LogP contribution < -0.4 is 0 Å². The van der Waals surface area contributed by atoms with E-state index in [1.54, 1.807) is 0 Å². The second-order valence-electron chi connectivity index (χ2n) is 8.75. The van der Waals surface area contributed by atoms with E-state index in [0.29, 0.717) is 18.7 Å². The highest BCUT2D eigenvalue weighted by atomic mass is 32.2. The molecule has 0 N–H and O–H groups in total. The number of rotatable bonds is 15. The van der Waals surface area contributed by atoms with Crippen LogP contribution in [0.1, 0.15) is 90.9 Å².